The molecule has 0 saturated carbocycles. The number of nitrogens with zero attached hydrogens (tertiary/aromatic N) is 1. The number of hydrogen-bond acceptors (Lipinski definition) is 4. The number of rotatable bonds is 7. The first-order chi connectivity index (χ1) is 12.6. The number of sulfonamides is 1. The second-order valence-electron chi connectivity index (χ2n) is 6.51. The maximum atomic E-state index is 12.9. The maximum Gasteiger partial charge on any atom is 0.243 e. The lowest BCUT2D eigenvalue weighted by Gasteiger charge is -2.31. The minimum atomic E-state index is -3.45. The van der Waals surface area contributed by atoms with E-state index in [1.165, 1.54) is 0 Å². The minimum Gasteiger partial charge on any atom is -0.378 e. The Balaban J connectivity index is 0.00000261. The molecule has 3 rings (SSSR count). The zero-order valence-corrected chi connectivity index (χ0v) is 16.9. The standard InChI is InChI=1S/C20H26N2O3S.ClH/c21-13-4-16-25-19-11-14-22(15-12-19)26(23,24)20-9-7-18(8-10-20)17-5-2-1-3-6-17;/h1-3,5-10,19H,4,11-16,21H2;1H. The molecule has 7 heteroatoms. The Morgan fingerprint density at radius 1 is 0.963 bits per heavy atom. The van der Waals surface area contributed by atoms with Crippen LogP contribution in [0.2, 0.25) is 0 Å². The maximum absolute atomic E-state index is 12.9. The summed E-state index contributed by atoms with van der Waals surface area (Å²) in [5, 5.41) is 0. The Bertz CT molecular complexity index is 790. The summed E-state index contributed by atoms with van der Waals surface area (Å²) in [5.74, 6) is 0. The van der Waals surface area contributed by atoms with Crippen molar-refractivity contribution in [2.45, 2.75) is 30.3 Å². The highest BCUT2D eigenvalue weighted by molar-refractivity contribution is 7.89. The van der Waals surface area contributed by atoms with Crippen LogP contribution in [-0.4, -0.2) is 45.1 Å². The fraction of sp³-hybridized carbons (Fsp3) is 0.400. The topological polar surface area (TPSA) is 72.6 Å². The molecule has 0 aliphatic carbocycles. The molecule has 1 aliphatic rings. The molecule has 1 fully saturated rings. The lowest BCUT2D eigenvalue weighted by atomic mass is 10.1. The van der Waals surface area contributed by atoms with Crippen molar-refractivity contribution < 1.29 is 13.2 Å². The molecular formula is C20H27ClN2O3S. The summed E-state index contributed by atoms with van der Waals surface area (Å²) >= 11 is 0. The van der Waals surface area contributed by atoms with Crippen LogP contribution < -0.4 is 5.73 Å². The van der Waals surface area contributed by atoms with Crippen LogP contribution in [0.4, 0.5) is 0 Å². The van der Waals surface area contributed by atoms with Gasteiger partial charge in [-0.1, -0.05) is 42.5 Å². The van der Waals surface area contributed by atoms with E-state index in [1.807, 2.05) is 42.5 Å². The van der Waals surface area contributed by atoms with Crippen molar-refractivity contribution >= 4 is 22.4 Å². The highest BCUT2D eigenvalue weighted by Gasteiger charge is 2.29. The van der Waals surface area contributed by atoms with Gasteiger partial charge in [-0.05, 0) is 49.1 Å². The minimum absolute atomic E-state index is 0. The first-order valence-corrected chi connectivity index (χ1v) is 10.5. The smallest absolute Gasteiger partial charge is 0.243 e. The fourth-order valence-corrected chi connectivity index (χ4v) is 4.64. The lowest BCUT2D eigenvalue weighted by molar-refractivity contribution is 0.0209. The van der Waals surface area contributed by atoms with Crippen molar-refractivity contribution in [3.05, 3.63) is 54.6 Å². The highest BCUT2D eigenvalue weighted by Crippen LogP contribution is 2.25. The molecule has 0 bridgehead atoms. The molecule has 0 radical (unpaired) electrons. The van der Waals surface area contributed by atoms with Gasteiger partial charge in [0.15, 0.2) is 0 Å². The van der Waals surface area contributed by atoms with E-state index in [2.05, 4.69) is 0 Å². The van der Waals surface area contributed by atoms with Crippen LogP contribution in [0.1, 0.15) is 19.3 Å². The van der Waals surface area contributed by atoms with Gasteiger partial charge in [0.1, 0.15) is 0 Å². The molecule has 27 heavy (non-hydrogen) atoms. The van der Waals surface area contributed by atoms with Gasteiger partial charge in [-0.2, -0.15) is 4.31 Å². The first-order valence-electron chi connectivity index (χ1n) is 9.08. The van der Waals surface area contributed by atoms with Gasteiger partial charge in [-0.15, -0.1) is 12.4 Å². The third kappa shape index (κ3) is 5.53. The number of halogens is 1. The molecule has 1 saturated heterocycles. The van der Waals surface area contributed by atoms with Crippen molar-refractivity contribution in [3.8, 4) is 11.1 Å². The van der Waals surface area contributed by atoms with E-state index in [0.29, 0.717) is 31.1 Å². The van der Waals surface area contributed by atoms with Gasteiger partial charge in [-0.25, -0.2) is 8.42 Å². The fourth-order valence-electron chi connectivity index (χ4n) is 3.17. The molecule has 148 valence electrons. The molecule has 0 unspecified atom stereocenters. The Kier molecular flexibility index (Phi) is 8.26. The monoisotopic (exact) mass is 410 g/mol. The lowest BCUT2D eigenvalue weighted by Crippen LogP contribution is -2.40. The molecule has 2 aromatic rings. The molecule has 5 nitrogen and oxygen atoms in total. The highest BCUT2D eigenvalue weighted by atomic mass is 35.5. The van der Waals surface area contributed by atoms with E-state index in [0.717, 1.165) is 30.4 Å². The molecule has 2 aromatic carbocycles. The predicted molar refractivity (Wildman–Crippen MR) is 111 cm³/mol. The Morgan fingerprint density at radius 3 is 2.15 bits per heavy atom. The summed E-state index contributed by atoms with van der Waals surface area (Å²) in [4.78, 5) is 0.347. The first kappa shape index (κ1) is 21.9. The van der Waals surface area contributed by atoms with Crippen LogP contribution in [0, 0.1) is 0 Å². The third-order valence-corrected chi connectivity index (χ3v) is 6.62. The molecule has 0 spiro atoms. The van der Waals surface area contributed by atoms with Gasteiger partial charge in [0.05, 0.1) is 11.0 Å². The van der Waals surface area contributed by atoms with Crippen LogP contribution >= 0.6 is 12.4 Å². The molecule has 0 amide bonds. The largest absolute Gasteiger partial charge is 0.378 e. The third-order valence-electron chi connectivity index (χ3n) is 4.70. The summed E-state index contributed by atoms with van der Waals surface area (Å²) in [7, 11) is -3.45. The van der Waals surface area contributed by atoms with Crippen LogP contribution in [-0.2, 0) is 14.8 Å². The van der Waals surface area contributed by atoms with E-state index < -0.39 is 10.0 Å². The van der Waals surface area contributed by atoms with Crippen LogP contribution in [0.15, 0.2) is 59.5 Å². The van der Waals surface area contributed by atoms with Gasteiger partial charge in [-0.3, -0.25) is 0 Å². The molecule has 1 aliphatic heterocycles. The van der Waals surface area contributed by atoms with E-state index in [-0.39, 0.29) is 18.5 Å². The summed E-state index contributed by atoms with van der Waals surface area (Å²) in [6.45, 7) is 2.26. The molecule has 0 atom stereocenters. The number of piperidine rings is 1. The molecular weight excluding hydrogens is 384 g/mol. The Labute approximate surface area is 168 Å². The summed E-state index contributed by atoms with van der Waals surface area (Å²) in [6.07, 6.45) is 2.43. The van der Waals surface area contributed by atoms with Crippen LogP contribution in [0.5, 0.6) is 0 Å². The normalized spacial score (nSPS) is 16.0. The SMILES string of the molecule is Cl.NCCCOC1CCN(S(=O)(=O)c2ccc(-c3ccccc3)cc2)CC1. The number of nitrogens with two attached hydrogens (primary N) is 1. The van der Waals surface area contributed by atoms with E-state index in [4.69, 9.17) is 10.5 Å². The average molecular weight is 411 g/mol. The number of benzene rings is 2. The average Bonchev–Trinajstić information content (AvgIpc) is 2.69. The van der Waals surface area contributed by atoms with Gasteiger partial charge in [0.25, 0.3) is 0 Å². The van der Waals surface area contributed by atoms with Gasteiger partial charge < -0.3 is 10.5 Å². The van der Waals surface area contributed by atoms with E-state index >= 15 is 0 Å². The second kappa shape index (κ2) is 10.2. The van der Waals surface area contributed by atoms with Crippen LogP contribution in [0.25, 0.3) is 11.1 Å². The van der Waals surface area contributed by atoms with Crippen LogP contribution in [0.3, 0.4) is 0 Å². The van der Waals surface area contributed by atoms with Crippen molar-refractivity contribution in [2.24, 2.45) is 5.73 Å². The molecule has 0 aromatic heterocycles. The van der Waals surface area contributed by atoms with Crippen molar-refractivity contribution in [2.75, 3.05) is 26.2 Å². The second-order valence-corrected chi connectivity index (χ2v) is 8.44. The van der Waals surface area contributed by atoms with Crippen molar-refractivity contribution in [1.82, 2.24) is 4.31 Å². The summed E-state index contributed by atoms with van der Waals surface area (Å²) in [6, 6.07) is 17.1. The summed E-state index contributed by atoms with van der Waals surface area (Å²) in [5.41, 5.74) is 7.55. The van der Waals surface area contributed by atoms with E-state index in [9.17, 15) is 8.42 Å². The number of hydrogen-bond donors (Lipinski definition) is 1. The Morgan fingerprint density at radius 2 is 1.56 bits per heavy atom. The number of ether oxygens (including phenoxy) is 1. The van der Waals surface area contributed by atoms with Gasteiger partial charge >= 0.3 is 0 Å². The zero-order valence-electron chi connectivity index (χ0n) is 15.3. The predicted octanol–water partition coefficient (Wildman–Crippen LogP) is 3.29. The van der Waals surface area contributed by atoms with E-state index in [1.54, 1.807) is 16.4 Å². The molecule has 2 N–H and O–H groups in total. The summed E-state index contributed by atoms with van der Waals surface area (Å²) < 4.78 is 33.1. The molecule has 1 heterocycles. The zero-order chi connectivity index (χ0) is 18.4. The van der Waals surface area contributed by atoms with Gasteiger partial charge in [0.2, 0.25) is 10.0 Å². The quantitative estimate of drug-likeness (QED) is 0.711. The van der Waals surface area contributed by atoms with Gasteiger partial charge in [0, 0.05) is 19.7 Å². The Hall–Kier alpha value is -1.44. The van der Waals surface area contributed by atoms with Crippen molar-refractivity contribution in [3.63, 3.8) is 0 Å². The van der Waals surface area contributed by atoms with Crippen molar-refractivity contribution in [1.29, 1.82) is 0 Å².